The van der Waals surface area contributed by atoms with Gasteiger partial charge in [-0.25, -0.2) is 0 Å². The van der Waals surface area contributed by atoms with E-state index in [1.165, 1.54) is 0 Å². The zero-order valence-corrected chi connectivity index (χ0v) is 9.92. The summed E-state index contributed by atoms with van der Waals surface area (Å²) in [6.07, 6.45) is 1.97. The number of hydrogen-bond acceptors (Lipinski definition) is 3. The first kappa shape index (κ1) is 13.9. The normalized spacial score (nSPS) is 15.9. The fraction of sp³-hybridized carbons (Fsp3) is 1.00. The standard InChI is InChI=1S/C11H25NO2/c1-5-10(8-13)12-11(9(2)3)6-7-14-4/h9-13H,5-8H2,1-4H3/t10-,11?/m1/s1. The van der Waals surface area contributed by atoms with E-state index in [2.05, 4.69) is 26.1 Å². The molecule has 0 aromatic carbocycles. The molecule has 0 aliphatic rings. The second-order valence-electron chi connectivity index (χ2n) is 4.09. The highest BCUT2D eigenvalue weighted by Gasteiger charge is 2.16. The maximum atomic E-state index is 9.09. The molecule has 0 saturated heterocycles. The molecule has 1 unspecified atom stereocenters. The van der Waals surface area contributed by atoms with Gasteiger partial charge in [-0.05, 0) is 18.8 Å². The smallest absolute Gasteiger partial charge is 0.0584 e. The summed E-state index contributed by atoms with van der Waals surface area (Å²) in [5.41, 5.74) is 0. The molecule has 3 nitrogen and oxygen atoms in total. The maximum Gasteiger partial charge on any atom is 0.0584 e. The van der Waals surface area contributed by atoms with Crippen LogP contribution in [-0.2, 0) is 4.74 Å². The summed E-state index contributed by atoms with van der Waals surface area (Å²) < 4.78 is 5.07. The van der Waals surface area contributed by atoms with Gasteiger partial charge in [0, 0.05) is 25.8 Å². The Kier molecular flexibility index (Phi) is 8.14. The van der Waals surface area contributed by atoms with E-state index in [-0.39, 0.29) is 12.6 Å². The van der Waals surface area contributed by atoms with Crippen LogP contribution >= 0.6 is 0 Å². The molecule has 0 aliphatic carbocycles. The van der Waals surface area contributed by atoms with Gasteiger partial charge in [0.25, 0.3) is 0 Å². The van der Waals surface area contributed by atoms with Gasteiger partial charge < -0.3 is 15.2 Å². The predicted octanol–water partition coefficient (Wildman–Crippen LogP) is 1.41. The average molecular weight is 203 g/mol. The Balaban J connectivity index is 3.93. The molecule has 0 radical (unpaired) electrons. The first-order valence-corrected chi connectivity index (χ1v) is 5.51. The van der Waals surface area contributed by atoms with E-state index >= 15 is 0 Å². The first-order valence-electron chi connectivity index (χ1n) is 5.51. The van der Waals surface area contributed by atoms with Gasteiger partial charge in [0.2, 0.25) is 0 Å². The van der Waals surface area contributed by atoms with Gasteiger partial charge in [-0.15, -0.1) is 0 Å². The quantitative estimate of drug-likeness (QED) is 0.626. The summed E-state index contributed by atoms with van der Waals surface area (Å²) in [6, 6.07) is 0.659. The monoisotopic (exact) mass is 203 g/mol. The van der Waals surface area contributed by atoms with Crippen molar-refractivity contribution >= 4 is 0 Å². The van der Waals surface area contributed by atoms with E-state index in [0.717, 1.165) is 19.4 Å². The maximum absolute atomic E-state index is 9.09. The lowest BCUT2D eigenvalue weighted by atomic mass is 10.00. The van der Waals surface area contributed by atoms with Gasteiger partial charge in [-0.2, -0.15) is 0 Å². The SMILES string of the molecule is CC[C@H](CO)NC(CCOC)C(C)C. The zero-order chi connectivity index (χ0) is 11.0. The Hall–Kier alpha value is -0.120. The fourth-order valence-electron chi connectivity index (χ4n) is 1.46. The molecule has 3 heteroatoms. The van der Waals surface area contributed by atoms with Crippen molar-refractivity contribution in [2.45, 2.75) is 45.7 Å². The van der Waals surface area contributed by atoms with Crippen LogP contribution < -0.4 is 5.32 Å². The molecule has 0 heterocycles. The van der Waals surface area contributed by atoms with Crippen LogP contribution in [0.15, 0.2) is 0 Å². The number of aliphatic hydroxyl groups excluding tert-OH is 1. The Morgan fingerprint density at radius 1 is 1.36 bits per heavy atom. The van der Waals surface area contributed by atoms with Crippen LogP contribution in [0, 0.1) is 5.92 Å². The van der Waals surface area contributed by atoms with E-state index in [0.29, 0.717) is 12.0 Å². The average Bonchev–Trinajstić information content (AvgIpc) is 2.18. The summed E-state index contributed by atoms with van der Waals surface area (Å²) >= 11 is 0. The summed E-state index contributed by atoms with van der Waals surface area (Å²) in [5.74, 6) is 0.575. The van der Waals surface area contributed by atoms with Crippen LogP contribution in [0.25, 0.3) is 0 Å². The molecule has 0 bridgehead atoms. The van der Waals surface area contributed by atoms with Crippen molar-refractivity contribution in [3.8, 4) is 0 Å². The van der Waals surface area contributed by atoms with E-state index in [4.69, 9.17) is 9.84 Å². The third-order valence-electron chi connectivity index (χ3n) is 2.60. The first-order chi connectivity index (χ1) is 6.65. The molecule has 0 aliphatic heterocycles. The summed E-state index contributed by atoms with van der Waals surface area (Å²) in [7, 11) is 1.72. The second-order valence-corrected chi connectivity index (χ2v) is 4.09. The third-order valence-corrected chi connectivity index (χ3v) is 2.60. The molecular formula is C11H25NO2. The van der Waals surface area contributed by atoms with Crippen molar-refractivity contribution in [1.82, 2.24) is 5.32 Å². The molecule has 86 valence electrons. The molecule has 0 fully saturated rings. The van der Waals surface area contributed by atoms with Crippen molar-refractivity contribution < 1.29 is 9.84 Å². The Morgan fingerprint density at radius 3 is 2.36 bits per heavy atom. The van der Waals surface area contributed by atoms with Gasteiger partial charge in [0.15, 0.2) is 0 Å². The van der Waals surface area contributed by atoms with Gasteiger partial charge in [0.1, 0.15) is 0 Å². The van der Waals surface area contributed by atoms with Crippen molar-refractivity contribution in [1.29, 1.82) is 0 Å². The molecule has 2 atom stereocenters. The van der Waals surface area contributed by atoms with Crippen LogP contribution in [0.1, 0.15) is 33.6 Å². The molecule has 0 aromatic heterocycles. The van der Waals surface area contributed by atoms with Crippen LogP contribution in [0.2, 0.25) is 0 Å². The molecule has 2 N–H and O–H groups in total. The number of ether oxygens (including phenoxy) is 1. The van der Waals surface area contributed by atoms with Gasteiger partial charge in [-0.3, -0.25) is 0 Å². The highest BCUT2D eigenvalue weighted by atomic mass is 16.5. The largest absolute Gasteiger partial charge is 0.395 e. The second kappa shape index (κ2) is 8.21. The van der Waals surface area contributed by atoms with Gasteiger partial charge >= 0.3 is 0 Å². The molecule has 14 heavy (non-hydrogen) atoms. The number of nitrogens with one attached hydrogen (secondary N) is 1. The fourth-order valence-corrected chi connectivity index (χ4v) is 1.46. The van der Waals surface area contributed by atoms with E-state index < -0.39 is 0 Å². The van der Waals surface area contributed by atoms with Gasteiger partial charge in [-0.1, -0.05) is 20.8 Å². The zero-order valence-electron chi connectivity index (χ0n) is 9.92. The van der Waals surface area contributed by atoms with Crippen LogP contribution in [-0.4, -0.2) is 37.5 Å². The molecular weight excluding hydrogens is 178 g/mol. The minimum Gasteiger partial charge on any atom is -0.395 e. The van der Waals surface area contributed by atoms with Crippen LogP contribution in [0.3, 0.4) is 0 Å². The Morgan fingerprint density at radius 2 is 2.00 bits per heavy atom. The highest BCUT2D eigenvalue weighted by Crippen LogP contribution is 2.08. The van der Waals surface area contributed by atoms with Gasteiger partial charge in [0.05, 0.1) is 6.61 Å². The van der Waals surface area contributed by atoms with Crippen LogP contribution in [0.5, 0.6) is 0 Å². The number of aliphatic hydroxyl groups is 1. The molecule has 0 rings (SSSR count). The summed E-state index contributed by atoms with van der Waals surface area (Å²) in [5, 5.41) is 12.5. The molecule has 0 aromatic rings. The van der Waals surface area contributed by atoms with Crippen molar-refractivity contribution in [3.05, 3.63) is 0 Å². The van der Waals surface area contributed by atoms with Crippen molar-refractivity contribution in [2.24, 2.45) is 5.92 Å². The minimum absolute atomic E-state index is 0.215. The Bertz CT molecular complexity index is 124. The van der Waals surface area contributed by atoms with Crippen molar-refractivity contribution in [2.75, 3.05) is 20.3 Å². The topological polar surface area (TPSA) is 41.5 Å². The summed E-state index contributed by atoms with van der Waals surface area (Å²) in [6.45, 7) is 7.46. The lowest BCUT2D eigenvalue weighted by Crippen LogP contribution is -2.43. The molecule has 0 saturated carbocycles. The number of hydrogen-bond donors (Lipinski definition) is 2. The number of rotatable bonds is 8. The van der Waals surface area contributed by atoms with E-state index in [9.17, 15) is 0 Å². The lowest BCUT2D eigenvalue weighted by Gasteiger charge is -2.26. The van der Waals surface area contributed by atoms with E-state index in [1.54, 1.807) is 7.11 Å². The van der Waals surface area contributed by atoms with Crippen LogP contribution in [0.4, 0.5) is 0 Å². The van der Waals surface area contributed by atoms with E-state index in [1.807, 2.05) is 0 Å². The lowest BCUT2D eigenvalue weighted by molar-refractivity contribution is 0.159. The minimum atomic E-state index is 0.215. The highest BCUT2D eigenvalue weighted by molar-refractivity contribution is 4.75. The molecule has 0 spiro atoms. The van der Waals surface area contributed by atoms with Crippen molar-refractivity contribution in [3.63, 3.8) is 0 Å². The predicted molar refractivity (Wildman–Crippen MR) is 59.4 cm³/mol. The Labute approximate surface area is 87.8 Å². The molecule has 0 amide bonds. The third kappa shape index (κ3) is 5.58. The summed E-state index contributed by atoms with van der Waals surface area (Å²) in [4.78, 5) is 0. The number of methoxy groups -OCH3 is 1.